The second-order valence-electron chi connectivity index (χ2n) is 7.43. The van der Waals surface area contributed by atoms with Gasteiger partial charge in [-0.05, 0) is 18.9 Å². The number of rotatable bonds is 7. The minimum absolute atomic E-state index is 0.116. The normalized spacial score (nSPS) is 27.0. The van der Waals surface area contributed by atoms with E-state index in [1.807, 2.05) is 30.3 Å². The third kappa shape index (κ3) is 4.94. The summed E-state index contributed by atoms with van der Waals surface area (Å²) in [4.78, 5) is 23.0. The summed E-state index contributed by atoms with van der Waals surface area (Å²) in [7, 11) is 0. The van der Waals surface area contributed by atoms with Crippen LogP contribution in [-0.2, 0) is 20.7 Å². The molecule has 1 aromatic heterocycles. The molecule has 10 nitrogen and oxygen atoms in total. The van der Waals surface area contributed by atoms with Gasteiger partial charge in [0.25, 0.3) is 0 Å². The number of nitrogens with zero attached hydrogens (tertiary/aromatic N) is 1. The van der Waals surface area contributed by atoms with Crippen molar-refractivity contribution < 1.29 is 39.8 Å². The van der Waals surface area contributed by atoms with Crippen molar-refractivity contribution in [2.24, 2.45) is 0 Å². The van der Waals surface area contributed by atoms with Gasteiger partial charge in [-0.25, -0.2) is 4.79 Å². The Morgan fingerprint density at radius 2 is 1.81 bits per heavy atom. The molecule has 0 unspecified atom stereocenters. The Labute approximate surface area is 177 Å². The molecular formula is C21H25NO9. The Morgan fingerprint density at radius 1 is 1.13 bits per heavy atom. The Kier molecular flexibility index (Phi) is 7.08. The van der Waals surface area contributed by atoms with Crippen molar-refractivity contribution in [1.82, 2.24) is 4.57 Å². The lowest BCUT2D eigenvalue weighted by Gasteiger charge is -2.39. The molecule has 31 heavy (non-hydrogen) atoms. The molecule has 0 aliphatic carbocycles. The molecule has 0 saturated carbocycles. The summed E-state index contributed by atoms with van der Waals surface area (Å²) in [5, 5.41) is 49.2. The van der Waals surface area contributed by atoms with Crippen LogP contribution in [0.25, 0.3) is 0 Å². The molecule has 1 saturated heterocycles. The average molecular weight is 435 g/mol. The van der Waals surface area contributed by atoms with Gasteiger partial charge in [-0.2, -0.15) is 0 Å². The van der Waals surface area contributed by atoms with Crippen molar-refractivity contribution in [2.75, 3.05) is 6.61 Å². The minimum Gasteiger partial charge on any atom is -0.503 e. The Morgan fingerprint density at radius 3 is 2.45 bits per heavy atom. The number of aliphatic carboxylic acids is 1. The first-order valence-electron chi connectivity index (χ1n) is 9.69. The summed E-state index contributed by atoms with van der Waals surface area (Å²) in [6.45, 7) is 1.45. The van der Waals surface area contributed by atoms with Crippen molar-refractivity contribution in [3.8, 4) is 5.75 Å². The van der Waals surface area contributed by atoms with E-state index in [9.17, 15) is 35.1 Å². The largest absolute Gasteiger partial charge is 0.503 e. The second-order valence-corrected chi connectivity index (χ2v) is 7.43. The van der Waals surface area contributed by atoms with Crippen molar-refractivity contribution in [2.45, 2.75) is 50.1 Å². The first kappa shape index (κ1) is 22.9. The molecule has 10 heteroatoms. The zero-order valence-electron chi connectivity index (χ0n) is 16.7. The van der Waals surface area contributed by atoms with Gasteiger partial charge in [0.2, 0.25) is 5.43 Å². The number of ether oxygens (including phenoxy) is 2. The SMILES string of the molecule is Cc1c(O)c(=O)ccn1[C@@H](CO[C@@H]1O[C@H](C(=O)O)[C@@H](O)[C@H](O)[C@H]1O)Cc1ccccc1. The van der Waals surface area contributed by atoms with Gasteiger partial charge < -0.3 is 39.6 Å². The van der Waals surface area contributed by atoms with Gasteiger partial charge in [0, 0.05) is 12.3 Å². The molecule has 2 heterocycles. The highest BCUT2D eigenvalue weighted by Gasteiger charge is 2.47. The van der Waals surface area contributed by atoms with Crippen LogP contribution in [0.2, 0.25) is 0 Å². The van der Waals surface area contributed by atoms with Crippen molar-refractivity contribution in [3.05, 3.63) is 64.1 Å². The van der Waals surface area contributed by atoms with E-state index in [0.29, 0.717) is 12.1 Å². The van der Waals surface area contributed by atoms with E-state index in [0.717, 1.165) is 5.56 Å². The Balaban J connectivity index is 1.84. The molecule has 0 bridgehead atoms. The molecule has 1 aliphatic rings. The maximum absolute atomic E-state index is 11.7. The number of pyridine rings is 1. The van der Waals surface area contributed by atoms with Gasteiger partial charge in [-0.3, -0.25) is 4.79 Å². The number of aromatic nitrogens is 1. The lowest BCUT2D eigenvalue weighted by atomic mass is 9.99. The van der Waals surface area contributed by atoms with Crippen LogP contribution >= 0.6 is 0 Å². The fourth-order valence-electron chi connectivity index (χ4n) is 3.55. The van der Waals surface area contributed by atoms with E-state index in [2.05, 4.69) is 0 Å². The quantitative estimate of drug-likeness (QED) is 0.388. The maximum Gasteiger partial charge on any atom is 0.335 e. The van der Waals surface area contributed by atoms with Crippen LogP contribution in [0.1, 0.15) is 17.3 Å². The van der Waals surface area contributed by atoms with E-state index in [4.69, 9.17) is 9.47 Å². The van der Waals surface area contributed by atoms with E-state index in [-0.39, 0.29) is 6.61 Å². The molecule has 0 spiro atoms. The van der Waals surface area contributed by atoms with Crippen LogP contribution < -0.4 is 5.43 Å². The monoisotopic (exact) mass is 435 g/mol. The number of aliphatic hydroxyl groups excluding tert-OH is 3. The number of aliphatic hydroxyl groups is 3. The third-order valence-electron chi connectivity index (χ3n) is 5.32. The zero-order chi connectivity index (χ0) is 22.7. The smallest absolute Gasteiger partial charge is 0.335 e. The topological polar surface area (TPSA) is 159 Å². The fraction of sp³-hybridized carbons (Fsp3) is 0.429. The maximum atomic E-state index is 11.7. The third-order valence-corrected chi connectivity index (χ3v) is 5.32. The Bertz CT molecular complexity index is 961. The van der Waals surface area contributed by atoms with Gasteiger partial charge >= 0.3 is 5.97 Å². The standard InChI is InChI=1S/C21H25NO9/c1-11-15(24)14(23)7-8-22(11)13(9-12-5-3-2-4-6-12)10-30-21-18(27)16(25)17(26)19(31-21)20(28)29/h2-8,13,16-19,21,24-27H,9-10H2,1H3,(H,28,29)/t13-,16+,17+,18-,19+,21-/m1/s1. The lowest BCUT2D eigenvalue weighted by molar-refractivity contribution is -0.295. The van der Waals surface area contributed by atoms with Crippen molar-refractivity contribution in [1.29, 1.82) is 0 Å². The molecule has 0 radical (unpaired) electrons. The summed E-state index contributed by atoms with van der Waals surface area (Å²) < 4.78 is 12.4. The molecular weight excluding hydrogens is 410 g/mol. The highest BCUT2D eigenvalue weighted by molar-refractivity contribution is 5.73. The Hall–Kier alpha value is -2.76. The summed E-state index contributed by atoms with van der Waals surface area (Å²) in [5.41, 5.74) is 0.708. The van der Waals surface area contributed by atoms with Crippen LogP contribution in [-0.4, -0.2) is 73.4 Å². The molecule has 0 amide bonds. The van der Waals surface area contributed by atoms with Gasteiger partial charge in [-0.1, -0.05) is 30.3 Å². The van der Waals surface area contributed by atoms with Crippen LogP contribution in [0, 0.1) is 6.92 Å². The fourth-order valence-corrected chi connectivity index (χ4v) is 3.55. The first-order valence-corrected chi connectivity index (χ1v) is 9.69. The molecule has 5 N–H and O–H groups in total. The molecule has 1 aromatic carbocycles. The van der Waals surface area contributed by atoms with Crippen LogP contribution in [0.15, 0.2) is 47.4 Å². The lowest BCUT2D eigenvalue weighted by Crippen LogP contribution is -2.60. The molecule has 168 valence electrons. The van der Waals surface area contributed by atoms with Gasteiger partial charge in [-0.15, -0.1) is 0 Å². The number of aromatic hydroxyl groups is 1. The number of hydrogen-bond acceptors (Lipinski definition) is 8. The minimum atomic E-state index is -1.81. The van der Waals surface area contributed by atoms with E-state index >= 15 is 0 Å². The summed E-state index contributed by atoms with van der Waals surface area (Å²) in [5.74, 6) is -1.91. The number of benzene rings is 1. The van der Waals surface area contributed by atoms with Gasteiger partial charge in [0.1, 0.15) is 18.3 Å². The summed E-state index contributed by atoms with van der Waals surface area (Å²) in [6.07, 6.45) is -6.62. The van der Waals surface area contributed by atoms with Crippen LogP contribution in [0.3, 0.4) is 0 Å². The number of carboxylic acids is 1. The molecule has 3 rings (SSSR count). The zero-order valence-corrected chi connectivity index (χ0v) is 16.7. The summed E-state index contributed by atoms with van der Waals surface area (Å²) >= 11 is 0. The van der Waals surface area contributed by atoms with Crippen LogP contribution in [0.5, 0.6) is 5.75 Å². The highest BCUT2D eigenvalue weighted by Crippen LogP contribution is 2.25. The number of carbonyl (C=O) groups is 1. The number of hydrogen-bond donors (Lipinski definition) is 5. The molecule has 1 fully saturated rings. The van der Waals surface area contributed by atoms with E-state index < -0.39 is 53.9 Å². The van der Waals surface area contributed by atoms with Gasteiger partial charge in [0.15, 0.2) is 18.1 Å². The van der Waals surface area contributed by atoms with E-state index in [1.54, 1.807) is 11.5 Å². The highest BCUT2D eigenvalue weighted by atomic mass is 16.7. The predicted octanol–water partition coefficient (Wildman–Crippen LogP) is -0.445. The van der Waals surface area contributed by atoms with Crippen LogP contribution in [0.4, 0.5) is 0 Å². The van der Waals surface area contributed by atoms with E-state index in [1.165, 1.54) is 12.3 Å². The van der Waals surface area contributed by atoms with Crippen molar-refractivity contribution in [3.63, 3.8) is 0 Å². The average Bonchev–Trinajstić information content (AvgIpc) is 2.75. The molecule has 2 aromatic rings. The summed E-state index contributed by atoms with van der Waals surface area (Å²) in [6, 6.07) is 10.1. The number of carboxylic acid groups (broad SMARTS) is 1. The molecule has 6 atom stereocenters. The first-order chi connectivity index (χ1) is 14.7. The molecule has 1 aliphatic heterocycles. The van der Waals surface area contributed by atoms with Crippen molar-refractivity contribution >= 4 is 5.97 Å². The van der Waals surface area contributed by atoms with Gasteiger partial charge in [0.05, 0.1) is 18.3 Å². The second kappa shape index (κ2) is 9.58. The predicted molar refractivity (Wildman–Crippen MR) is 107 cm³/mol.